The van der Waals surface area contributed by atoms with Crippen molar-refractivity contribution in [2.24, 2.45) is 0 Å². The Kier molecular flexibility index (Phi) is 5.14. The molecule has 4 aromatic rings. The van der Waals surface area contributed by atoms with Gasteiger partial charge >= 0.3 is 0 Å². The zero-order chi connectivity index (χ0) is 17.9. The molecule has 26 heavy (non-hydrogen) atoms. The summed E-state index contributed by atoms with van der Waals surface area (Å²) in [6.45, 7) is 8.32. The quantitative estimate of drug-likeness (QED) is 0.393. The van der Waals surface area contributed by atoms with Crippen LogP contribution in [0.4, 0.5) is 11.4 Å². The Hall–Kier alpha value is -2.04. The lowest BCUT2D eigenvalue weighted by molar-refractivity contribution is 0.656. The molecule has 0 radical (unpaired) electrons. The van der Waals surface area contributed by atoms with Crippen LogP contribution in [-0.2, 0) is 0 Å². The van der Waals surface area contributed by atoms with Gasteiger partial charge in [0.2, 0.25) is 0 Å². The summed E-state index contributed by atoms with van der Waals surface area (Å²) in [6, 6.07) is 17.9. The van der Waals surface area contributed by atoms with Crippen molar-refractivity contribution in [3.63, 3.8) is 0 Å². The van der Waals surface area contributed by atoms with E-state index in [-0.39, 0.29) is 0 Å². The Balaban J connectivity index is 0.000000814. The van der Waals surface area contributed by atoms with Crippen LogP contribution in [0.3, 0.4) is 0 Å². The molecular formula is C22H24N2S2. The molecule has 1 aliphatic heterocycles. The van der Waals surface area contributed by atoms with Gasteiger partial charge < -0.3 is 9.80 Å². The van der Waals surface area contributed by atoms with E-state index >= 15 is 0 Å². The van der Waals surface area contributed by atoms with Crippen molar-refractivity contribution in [1.82, 2.24) is 0 Å². The van der Waals surface area contributed by atoms with Gasteiger partial charge in [-0.25, -0.2) is 0 Å². The van der Waals surface area contributed by atoms with E-state index in [1.807, 2.05) is 36.5 Å². The minimum absolute atomic E-state index is 1.08. The third kappa shape index (κ3) is 3.08. The lowest BCUT2D eigenvalue weighted by atomic mass is 10.1. The summed E-state index contributed by atoms with van der Waals surface area (Å²) >= 11 is 3.66. The summed E-state index contributed by atoms with van der Waals surface area (Å²) in [4.78, 5) is 5.08. The van der Waals surface area contributed by atoms with E-state index in [1.54, 1.807) is 0 Å². The Morgan fingerprint density at radius 1 is 0.615 bits per heavy atom. The third-order valence-corrected chi connectivity index (χ3v) is 6.67. The van der Waals surface area contributed by atoms with Crippen molar-refractivity contribution in [1.29, 1.82) is 0 Å². The summed E-state index contributed by atoms with van der Waals surface area (Å²) in [5.74, 6) is 0. The third-order valence-electron chi connectivity index (χ3n) is 4.91. The zero-order valence-corrected chi connectivity index (χ0v) is 16.9. The average molecular weight is 381 g/mol. The monoisotopic (exact) mass is 380 g/mol. The Labute approximate surface area is 163 Å². The van der Waals surface area contributed by atoms with E-state index in [4.69, 9.17) is 0 Å². The van der Waals surface area contributed by atoms with Gasteiger partial charge in [-0.05, 0) is 47.2 Å². The molecule has 3 heterocycles. The molecule has 0 saturated carbocycles. The maximum absolute atomic E-state index is 2.54. The molecule has 0 bridgehead atoms. The molecule has 4 heteroatoms. The minimum atomic E-state index is 1.08. The first-order valence-electron chi connectivity index (χ1n) is 9.32. The van der Waals surface area contributed by atoms with Crippen molar-refractivity contribution in [3.8, 4) is 0 Å². The van der Waals surface area contributed by atoms with Crippen LogP contribution in [0.1, 0.15) is 13.8 Å². The van der Waals surface area contributed by atoms with E-state index in [0.29, 0.717) is 0 Å². The summed E-state index contributed by atoms with van der Waals surface area (Å²) in [5.41, 5.74) is 2.78. The second kappa shape index (κ2) is 7.68. The second-order valence-electron chi connectivity index (χ2n) is 6.19. The molecule has 1 aliphatic rings. The molecule has 0 N–H and O–H groups in total. The first kappa shape index (κ1) is 17.4. The number of piperazine rings is 1. The maximum Gasteiger partial charge on any atom is 0.0455 e. The van der Waals surface area contributed by atoms with E-state index in [0.717, 1.165) is 26.2 Å². The zero-order valence-electron chi connectivity index (χ0n) is 15.3. The van der Waals surface area contributed by atoms with Gasteiger partial charge in [-0.2, -0.15) is 0 Å². The van der Waals surface area contributed by atoms with Gasteiger partial charge in [-0.3, -0.25) is 0 Å². The van der Waals surface area contributed by atoms with Gasteiger partial charge in [0, 0.05) is 57.7 Å². The van der Waals surface area contributed by atoms with E-state index in [2.05, 4.69) is 69.1 Å². The van der Waals surface area contributed by atoms with Crippen LogP contribution in [0, 0.1) is 0 Å². The number of hydrogen-bond acceptors (Lipinski definition) is 4. The van der Waals surface area contributed by atoms with Crippen LogP contribution >= 0.6 is 22.7 Å². The van der Waals surface area contributed by atoms with Crippen LogP contribution in [0.25, 0.3) is 20.2 Å². The fourth-order valence-electron chi connectivity index (χ4n) is 3.70. The van der Waals surface area contributed by atoms with Crippen LogP contribution in [0.15, 0.2) is 59.3 Å². The highest BCUT2D eigenvalue weighted by Gasteiger charge is 2.20. The Morgan fingerprint density at radius 3 is 1.46 bits per heavy atom. The predicted molar refractivity (Wildman–Crippen MR) is 119 cm³/mol. The van der Waals surface area contributed by atoms with Gasteiger partial charge in [0.05, 0.1) is 0 Å². The molecular weight excluding hydrogens is 356 g/mol. The SMILES string of the molecule is CC.c1cc(N2CCN(c3cccc4sccc34)CC2)c2ccsc2c1. The molecule has 2 aromatic carbocycles. The summed E-state index contributed by atoms with van der Waals surface area (Å²) in [6.07, 6.45) is 0. The molecule has 1 saturated heterocycles. The Morgan fingerprint density at radius 2 is 1.04 bits per heavy atom. The van der Waals surface area contributed by atoms with Gasteiger partial charge in [0.25, 0.3) is 0 Å². The predicted octanol–water partition coefficient (Wildman–Crippen LogP) is 6.47. The second-order valence-corrected chi connectivity index (χ2v) is 8.09. The normalized spacial score (nSPS) is 14.5. The highest BCUT2D eigenvalue weighted by Crippen LogP contribution is 2.34. The van der Waals surface area contributed by atoms with Crippen LogP contribution in [-0.4, -0.2) is 26.2 Å². The van der Waals surface area contributed by atoms with Crippen molar-refractivity contribution < 1.29 is 0 Å². The number of rotatable bonds is 2. The molecule has 134 valence electrons. The first-order chi connectivity index (χ1) is 12.9. The lowest BCUT2D eigenvalue weighted by Gasteiger charge is -2.38. The molecule has 5 rings (SSSR count). The van der Waals surface area contributed by atoms with Gasteiger partial charge in [-0.15, -0.1) is 22.7 Å². The minimum Gasteiger partial charge on any atom is -0.367 e. The summed E-state index contributed by atoms with van der Waals surface area (Å²) in [7, 11) is 0. The largest absolute Gasteiger partial charge is 0.367 e. The first-order valence-corrected chi connectivity index (χ1v) is 11.1. The fraction of sp³-hybridized carbons (Fsp3) is 0.273. The van der Waals surface area contributed by atoms with E-state index < -0.39 is 0 Å². The van der Waals surface area contributed by atoms with Crippen LogP contribution in [0.2, 0.25) is 0 Å². The number of hydrogen-bond donors (Lipinski definition) is 0. The topological polar surface area (TPSA) is 6.48 Å². The maximum atomic E-state index is 2.54. The van der Waals surface area contributed by atoms with Crippen LogP contribution in [0.5, 0.6) is 0 Å². The molecule has 2 nitrogen and oxygen atoms in total. The number of nitrogens with zero attached hydrogens (tertiary/aromatic N) is 2. The average Bonchev–Trinajstić information content (AvgIpc) is 3.38. The number of fused-ring (bicyclic) bond motifs is 2. The molecule has 0 atom stereocenters. The number of thiophene rings is 2. The molecule has 0 spiro atoms. The van der Waals surface area contributed by atoms with E-state index in [1.165, 1.54) is 31.5 Å². The van der Waals surface area contributed by atoms with Gasteiger partial charge in [0.15, 0.2) is 0 Å². The fourth-order valence-corrected chi connectivity index (χ4v) is 5.31. The highest BCUT2D eigenvalue weighted by molar-refractivity contribution is 7.17. The smallest absolute Gasteiger partial charge is 0.0455 e. The molecule has 0 unspecified atom stereocenters. The molecule has 1 fully saturated rings. The molecule has 0 aliphatic carbocycles. The number of benzene rings is 2. The van der Waals surface area contributed by atoms with Crippen molar-refractivity contribution >= 4 is 54.2 Å². The number of anilines is 2. The highest BCUT2D eigenvalue weighted by atomic mass is 32.1. The van der Waals surface area contributed by atoms with Gasteiger partial charge in [-0.1, -0.05) is 26.0 Å². The Bertz CT molecular complexity index is 911. The molecule has 0 amide bonds. The van der Waals surface area contributed by atoms with Crippen molar-refractivity contribution in [2.75, 3.05) is 36.0 Å². The van der Waals surface area contributed by atoms with Crippen molar-refractivity contribution in [3.05, 3.63) is 59.3 Å². The standard InChI is InChI=1S/C20H18N2S2.C2H6/c1-3-17(15-7-13-23-19(15)5-1)21-9-11-22(12-10-21)18-4-2-6-20-16(18)8-14-24-20;1-2/h1-8,13-14H,9-12H2;1-2H3. The van der Waals surface area contributed by atoms with Crippen molar-refractivity contribution in [2.45, 2.75) is 13.8 Å². The van der Waals surface area contributed by atoms with Gasteiger partial charge in [0.1, 0.15) is 0 Å². The summed E-state index contributed by atoms with van der Waals surface area (Å²) < 4.78 is 2.77. The summed E-state index contributed by atoms with van der Waals surface area (Å²) in [5, 5.41) is 7.19. The lowest BCUT2D eigenvalue weighted by Crippen LogP contribution is -2.46. The van der Waals surface area contributed by atoms with E-state index in [9.17, 15) is 0 Å². The molecule has 2 aromatic heterocycles. The van der Waals surface area contributed by atoms with Crippen LogP contribution < -0.4 is 9.80 Å².